The number of carboxylic acids is 2. The van der Waals surface area contributed by atoms with Crippen molar-refractivity contribution in [1.29, 1.82) is 0 Å². The lowest BCUT2D eigenvalue weighted by molar-refractivity contribution is 0.0686. The van der Waals surface area contributed by atoms with Gasteiger partial charge in [-0.25, -0.2) is 9.59 Å². The maximum atomic E-state index is 12.2. The Morgan fingerprint density at radius 1 is 0.721 bits per heavy atom. The first-order chi connectivity index (χ1) is 20.3. The summed E-state index contributed by atoms with van der Waals surface area (Å²) in [7, 11) is -4.85. The third-order valence-corrected chi connectivity index (χ3v) is 7.34. The first-order valence-corrected chi connectivity index (χ1v) is 13.8. The quantitative estimate of drug-likeness (QED) is 0.0731. The van der Waals surface area contributed by atoms with Crippen LogP contribution in [-0.4, -0.2) is 40.2 Å². The van der Waals surface area contributed by atoms with Crippen LogP contribution < -0.4 is 5.73 Å². The number of anilines is 1. The second-order valence-electron chi connectivity index (χ2n) is 9.42. The van der Waals surface area contributed by atoms with Crippen LogP contribution in [0.25, 0.3) is 21.5 Å². The second-order valence-corrected chi connectivity index (χ2v) is 10.8. The monoisotopic (exact) mass is 599 g/mol. The number of carboxylic acid groups (broad SMARTS) is 2. The summed E-state index contributed by atoms with van der Waals surface area (Å²) in [4.78, 5) is 22.7. The van der Waals surface area contributed by atoms with Crippen LogP contribution in [0.3, 0.4) is 0 Å². The molecule has 6 N–H and O–H groups in total. The number of aryl methyl sites for hydroxylation is 1. The number of hydrogen-bond acceptors (Lipinski definition) is 10. The fourth-order valence-corrected chi connectivity index (χ4v) is 5.05. The molecule has 0 saturated carbocycles. The summed E-state index contributed by atoms with van der Waals surface area (Å²) >= 11 is 0. The lowest BCUT2D eigenvalue weighted by atomic mass is 10.0. The van der Waals surface area contributed by atoms with Crippen LogP contribution in [0.1, 0.15) is 26.3 Å². The maximum absolute atomic E-state index is 12.2. The predicted octanol–water partition coefficient (Wildman–Crippen LogP) is 7.06. The van der Waals surface area contributed by atoms with E-state index < -0.39 is 38.4 Å². The van der Waals surface area contributed by atoms with Crippen LogP contribution in [0.5, 0.6) is 5.75 Å². The Labute approximate surface area is 243 Å². The Morgan fingerprint density at radius 2 is 1.37 bits per heavy atom. The topological polar surface area (TPSA) is 225 Å². The average Bonchev–Trinajstić information content (AvgIpc) is 2.95. The highest BCUT2D eigenvalue weighted by Gasteiger charge is 2.22. The second kappa shape index (κ2) is 10.9. The van der Waals surface area contributed by atoms with Gasteiger partial charge in [-0.15, -0.1) is 20.5 Å². The first-order valence-electron chi connectivity index (χ1n) is 12.3. The number of rotatable bonds is 7. The van der Waals surface area contributed by atoms with Crippen molar-refractivity contribution in [2.75, 3.05) is 5.73 Å². The van der Waals surface area contributed by atoms with E-state index in [9.17, 15) is 37.9 Å². The predicted molar refractivity (Wildman–Crippen MR) is 157 cm³/mol. The van der Waals surface area contributed by atoms with E-state index in [1.165, 1.54) is 60.7 Å². The molecule has 0 aromatic heterocycles. The molecule has 5 rings (SSSR count). The van der Waals surface area contributed by atoms with Gasteiger partial charge in [0, 0.05) is 21.8 Å². The highest BCUT2D eigenvalue weighted by molar-refractivity contribution is 7.86. The zero-order valence-electron chi connectivity index (χ0n) is 22.1. The molecule has 0 fully saturated rings. The minimum Gasteiger partial charge on any atom is -0.505 e. The number of nitrogens with zero attached hydrogens (tertiary/aromatic N) is 4. The molecule has 43 heavy (non-hydrogen) atoms. The smallest absolute Gasteiger partial charge is 0.337 e. The summed E-state index contributed by atoms with van der Waals surface area (Å²) in [6, 6.07) is 17.0. The van der Waals surface area contributed by atoms with Gasteiger partial charge in [0.15, 0.2) is 5.75 Å². The third-order valence-electron chi connectivity index (χ3n) is 6.48. The number of phenols is 1. The molecule has 216 valence electrons. The van der Waals surface area contributed by atoms with Crippen molar-refractivity contribution < 1.29 is 37.9 Å². The van der Waals surface area contributed by atoms with Crippen molar-refractivity contribution in [2.24, 2.45) is 20.5 Å². The number of aromatic carboxylic acids is 2. The van der Waals surface area contributed by atoms with E-state index in [2.05, 4.69) is 20.5 Å². The molecule has 0 heterocycles. The molecular formula is C29H21N5O8S. The summed E-state index contributed by atoms with van der Waals surface area (Å²) in [5.41, 5.74) is 6.49. The number of benzene rings is 5. The molecule has 13 nitrogen and oxygen atoms in total. The molecule has 0 aliphatic carbocycles. The van der Waals surface area contributed by atoms with Crippen LogP contribution in [0.2, 0.25) is 0 Å². The van der Waals surface area contributed by atoms with E-state index in [1.54, 1.807) is 13.0 Å². The normalized spacial score (nSPS) is 12.0. The minimum atomic E-state index is -4.85. The molecule has 0 amide bonds. The van der Waals surface area contributed by atoms with E-state index in [0.29, 0.717) is 10.9 Å². The van der Waals surface area contributed by atoms with Crippen molar-refractivity contribution in [3.8, 4) is 5.75 Å². The highest BCUT2D eigenvalue weighted by atomic mass is 32.2. The standard InChI is InChI=1S/C29H21N5O8S/c1-14-2-7-24(21(10-14)29(38)39)32-31-23-9-8-22(18-6-4-16(28(36)37)11-20(18)23)33-34-26-25(43(40,41)42)12-15-3-5-17(30)13-19(15)27(26)35/h2-13,35H,30H2,1H3,(H,36,37)(H,38,39)(H,40,41,42). The van der Waals surface area contributed by atoms with E-state index in [4.69, 9.17) is 5.73 Å². The van der Waals surface area contributed by atoms with E-state index in [1.807, 2.05) is 0 Å². The van der Waals surface area contributed by atoms with Gasteiger partial charge >= 0.3 is 11.9 Å². The molecule has 0 spiro atoms. The molecular weight excluding hydrogens is 578 g/mol. The molecule has 0 aliphatic heterocycles. The summed E-state index contributed by atoms with van der Waals surface area (Å²) < 4.78 is 34.2. The van der Waals surface area contributed by atoms with Crippen LogP contribution in [-0.2, 0) is 10.1 Å². The van der Waals surface area contributed by atoms with E-state index >= 15 is 0 Å². The van der Waals surface area contributed by atoms with E-state index in [0.717, 1.165) is 6.07 Å². The molecule has 5 aromatic carbocycles. The SMILES string of the molecule is Cc1ccc(N=Nc2ccc(N=Nc3c(S(=O)(=O)O)cc4ccc(N)cc4c3O)c3ccc(C(=O)O)cc23)c(C(=O)O)c1. The summed E-state index contributed by atoms with van der Waals surface area (Å²) in [6.45, 7) is 1.73. The average molecular weight is 600 g/mol. The van der Waals surface area contributed by atoms with Crippen LogP contribution in [0.15, 0.2) is 98.1 Å². The zero-order chi connectivity index (χ0) is 31.1. The number of fused-ring (bicyclic) bond motifs is 2. The Morgan fingerprint density at radius 3 is 2.05 bits per heavy atom. The number of nitrogens with two attached hydrogens (primary N) is 1. The van der Waals surface area contributed by atoms with Crippen LogP contribution >= 0.6 is 0 Å². The fourth-order valence-electron chi connectivity index (χ4n) is 4.40. The largest absolute Gasteiger partial charge is 0.505 e. The number of nitrogen functional groups attached to an aromatic ring is 1. The van der Waals surface area contributed by atoms with Gasteiger partial charge in [0.1, 0.15) is 16.3 Å². The highest BCUT2D eigenvalue weighted by Crippen LogP contribution is 2.43. The lowest BCUT2D eigenvalue weighted by Crippen LogP contribution is -1.99. The molecule has 0 bridgehead atoms. The molecule has 0 saturated heterocycles. The number of phenolic OH excluding ortho intramolecular Hbond substituents is 1. The van der Waals surface area contributed by atoms with Gasteiger partial charge in [0.05, 0.1) is 22.5 Å². The van der Waals surface area contributed by atoms with Crippen LogP contribution in [0, 0.1) is 6.92 Å². The number of azo groups is 2. The van der Waals surface area contributed by atoms with Crippen molar-refractivity contribution in [2.45, 2.75) is 11.8 Å². The van der Waals surface area contributed by atoms with Crippen molar-refractivity contribution in [1.82, 2.24) is 0 Å². The maximum Gasteiger partial charge on any atom is 0.337 e. The van der Waals surface area contributed by atoms with Gasteiger partial charge in [-0.3, -0.25) is 4.55 Å². The van der Waals surface area contributed by atoms with Crippen LogP contribution in [0.4, 0.5) is 28.4 Å². The Hall–Kier alpha value is -5.73. The molecule has 5 aromatic rings. The van der Waals surface area contributed by atoms with Gasteiger partial charge in [-0.05, 0) is 66.9 Å². The zero-order valence-corrected chi connectivity index (χ0v) is 22.9. The number of carbonyl (C=O) groups is 2. The third kappa shape index (κ3) is 5.72. The molecule has 0 aliphatic rings. The van der Waals surface area contributed by atoms with Gasteiger partial charge in [0.25, 0.3) is 10.1 Å². The van der Waals surface area contributed by atoms with Gasteiger partial charge in [-0.1, -0.05) is 23.8 Å². The first kappa shape index (κ1) is 28.8. The fraction of sp³-hybridized carbons (Fsp3) is 0.0345. The number of aromatic hydroxyl groups is 1. The molecule has 0 atom stereocenters. The molecule has 0 radical (unpaired) electrons. The summed E-state index contributed by atoms with van der Waals surface area (Å²) in [5.74, 6) is -3.01. The molecule has 14 heteroatoms. The molecule has 0 unspecified atom stereocenters. The Kier molecular flexibility index (Phi) is 7.31. The van der Waals surface area contributed by atoms with Crippen molar-refractivity contribution in [3.63, 3.8) is 0 Å². The van der Waals surface area contributed by atoms with Gasteiger partial charge in [-0.2, -0.15) is 8.42 Å². The van der Waals surface area contributed by atoms with Gasteiger partial charge in [0.2, 0.25) is 0 Å². The number of hydrogen-bond donors (Lipinski definition) is 5. The Balaban J connectivity index is 1.67. The minimum absolute atomic E-state index is 0.0729. The summed E-state index contributed by atoms with van der Waals surface area (Å²) in [6.07, 6.45) is 0. The van der Waals surface area contributed by atoms with Gasteiger partial charge < -0.3 is 21.1 Å². The van der Waals surface area contributed by atoms with E-state index in [-0.39, 0.29) is 50.0 Å². The summed E-state index contributed by atoms with van der Waals surface area (Å²) in [5, 5.41) is 47.3. The van der Waals surface area contributed by atoms with Crippen molar-refractivity contribution in [3.05, 3.63) is 89.5 Å². The van der Waals surface area contributed by atoms with Crippen molar-refractivity contribution >= 4 is 72.0 Å². The Bertz CT molecular complexity index is 2160. The lowest BCUT2D eigenvalue weighted by Gasteiger charge is -2.10.